The Morgan fingerprint density at radius 3 is 2.57 bits per heavy atom. The molecule has 0 unspecified atom stereocenters. The van der Waals surface area contributed by atoms with Crippen molar-refractivity contribution in [3.8, 4) is 11.3 Å². The number of pyridine rings is 1. The molecular weight excluding hydrogens is 375 g/mol. The molecule has 0 radical (unpaired) electrons. The fraction of sp³-hybridized carbons (Fsp3) is 0.0455. The van der Waals surface area contributed by atoms with Crippen LogP contribution in [0.2, 0.25) is 0 Å². The Labute approximate surface area is 162 Å². The van der Waals surface area contributed by atoms with Gasteiger partial charge in [0.2, 0.25) is 0 Å². The van der Waals surface area contributed by atoms with Crippen LogP contribution in [0.25, 0.3) is 22.2 Å². The largest absolute Gasteiger partial charge is 0.280 e. The summed E-state index contributed by atoms with van der Waals surface area (Å²) in [5.74, 6) is -0.597. The van der Waals surface area contributed by atoms with Crippen molar-refractivity contribution >= 4 is 26.6 Å². The second kappa shape index (κ2) is 7.05. The third-order valence-electron chi connectivity index (χ3n) is 4.45. The van der Waals surface area contributed by atoms with Gasteiger partial charge in [-0.05, 0) is 48.9 Å². The molecule has 0 saturated carbocycles. The monoisotopic (exact) mass is 392 g/mol. The number of hydrogen-bond acceptors (Lipinski definition) is 3. The molecule has 0 atom stereocenters. The lowest BCUT2D eigenvalue weighted by Gasteiger charge is -2.12. The zero-order chi connectivity index (χ0) is 19.7. The summed E-state index contributed by atoms with van der Waals surface area (Å²) in [7, 11) is -3.91. The second-order valence-corrected chi connectivity index (χ2v) is 8.14. The van der Waals surface area contributed by atoms with E-state index < -0.39 is 15.8 Å². The number of hydrogen-bond donors (Lipinski definition) is 1. The summed E-state index contributed by atoms with van der Waals surface area (Å²) in [5.41, 5.74) is 3.24. The Hall–Kier alpha value is -3.25. The van der Waals surface area contributed by atoms with E-state index >= 15 is 0 Å². The van der Waals surface area contributed by atoms with E-state index in [2.05, 4.69) is 9.71 Å². The van der Waals surface area contributed by atoms with Crippen molar-refractivity contribution in [1.82, 2.24) is 4.98 Å². The highest BCUT2D eigenvalue weighted by Crippen LogP contribution is 2.26. The zero-order valence-corrected chi connectivity index (χ0v) is 15.9. The number of nitrogens with one attached hydrogen (secondary N) is 1. The molecule has 1 heterocycles. The molecule has 0 saturated heterocycles. The summed E-state index contributed by atoms with van der Waals surface area (Å²) in [5, 5.41) is 1.03. The molecule has 140 valence electrons. The van der Waals surface area contributed by atoms with Crippen LogP contribution in [0.3, 0.4) is 0 Å². The Morgan fingerprint density at radius 1 is 0.893 bits per heavy atom. The van der Waals surface area contributed by atoms with Gasteiger partial charge in [0.05, 0.1) is 16.1 Å². The summed E-state index contributed by atoms with van der Waals surface area (Å²) in [6.45, 7) is 1.63. The van der Waals surface area contributed by atoms with Gasteiger partial charge in [-0.2, -0.15) is 0 Å². The molecule has 4 rings (SSSR count). The van der Waals surface area contributed by atoms with Crippen LogP contribution in [-0.4, -0.2) is 13.4 Å². The summed E-state index contributed by atoms with van der Waals surface area (Å²) < 4.78 is 41.5. The maximum atomic E-state index is 13.5. The first-order valence-corrected chi connectivity index (χ1v) is 10.2. The average molecular weight is 392 g/mol. The summed E-state index contributed by atoms with van der Waals surface area (Å²) in [6.07, 6.45) is 0. The standard InChI is InChI=1S/C22H17FN2O2S/c1-15-9-11-18(23)14-22(15)28(26,27)25-19-7-4-6-17(13-19)21-12-10-16-5-2-3-8-20(16)24-21/h2-14,25H,1H3. The molecule has 4 nitrogen and oxygen atoms in total. The molecule has 28 heavy (non-hydrogen) atoms. The van der Waals surface area contributed by atoms with E-state index in [-0.39, 0.29) is 4.90 Å². The van der Waals surface area contributed by atoms with Crippen LogP contribution < -0.4 is 4.72 Å². The maximum Gasteiger partial charge on any atom is 0.262 e. The number of nitrogens with zero attached hydrogens (tertiary/aromatic N) is 1. The lowest BCUT2D eigenvalue weighted by atomic mass is 10.1. The number of halogens is 1. The van der Waals surface area contributed by atoms with Crippen molar-refractivity contribution in [2.75, 3.05) is 4.72 Å². The third-order valence-corrected chi connectivity index (χ3v) is 5.97. The highest BCUT2D eigenvalue weighted by molar-refractivity contribution is 7.92. The molecule has 0 aliphatic rings. The first kappa shape index (κ1) is 18.1. The van der Waals surface area contributed by atoms with Gasteiger partial charge in [-0.25, -0.2) is 17.8 Å². The SMILES string of the molecule is Cc1ccc(F)cc1S(=O)(=O)Nc1cccc(-c2ccc3ccccc3n2)c1. The first-order chi connectivity index (χ1) is 13.4. The van der Waals surface area contributed by atoms with Gasteiger partial charge in [0.15, 0.2) is 0 Å². The van der Waals surface area contributed by atoms with Gasteiger partial charge in [0, 0.05) is 16.6 Å². The summed E-state index contributed by atoms with van der Waals surface area (Å²) in [4.78, 5) is 4.56. The molecule has 1 aromatic heterocycles. The number of sulfonamides is 1. The summed E-state index contributed by atoms with van der Waals surface area (Å²) >= 11 is 0. The van der Waals surface area contributed by atoms with Crippen molar-refractivity contribution in [2.45, 2.75) is 11.8 Å². The zero-order valence-electron chi connectivity index (χ0n) is 15.1. The highest BCUT2D eigenvalue weighted by atomic mass is 32.2. The average Bonchev–Trinajstić information content (AvgIpc) is 2.69. The predicted molar refractivity (Wildman–Crippen MR) is 109 cm³/mol. The lowest BCUT2D eigenvalue weighted by molar-refractivity contribution is 0.594. The number of aryl methyl sites for hydroxylation is 1. The molecule has 3 aromatic carbocycles. The van der Waals surface area contributed by atoms with Gasteiger partial charge in [0.25, 0.3) is 10.0 Å². The van der Waals surface area contributed by atoms with E-state index in [1.54, 1.807) is 25.1 Å². The van der Waals surface area contributed by atoms with Crippen LogP contribution in [0.5, 0.6) is 0 Å². The molecule has 4 aromatic rings. The molecule has 0 aliphatic heterocycles. The Morgan fingerprint density at radius 2 is 1.71 bits per heavy atom. The maximum absolute atomic E-state index is 13.5. The number of para-hydroxylation sites is 1. The third kappa shape index (κ3) is 3.59. The van der Waals surface area contributed by atoms with Crippen molar-refractivity contribution in [3.05, 3.63) is 90.2 Å². The number of rotatable bonds is 4. The molecule has 0 fully saturated rings. The van der Waals surface area contributed by atoms with Crippen LogP contribution in [0.4, 0.5) is 10.1 Å². The summed E-state index contributed by atoms with van der Waals surface area (Å²) in [6, 6.07) is 22.3. The number of aromatic nitrogens is 1. The Balaban J connectivity index is 1.69. The molecule has 0 amide bonds. The smallest absolute Gasteiger partial charge is 0.262 e. The van der Waals surface area contributed by atoms with E-state index in [0.717, 1.165) is 28.2 Å². The van der Waals surface area contributed by atoms with Crippen molar-refractivity contribution in [1.29, 1.82) is 0 Å². The minimum absolute atomic E-state index is 0.0817. The first-order valence-electron chi connectivity index (χ1n) is 8.68. The van der Waals surface area contributed by atoms with E-state index in [0.29, 0.717) is 11.3 Å². The highest BCUT2D eigenvalue weighted by Gasteiger charge is 2.18. The van der Waals surface area contributed by atoms with Gasteiger partial charge in [-0.1, -0.05) is 42.5 Å². The van der Waals surface area contributed by atoms with Gasteiger partial charge in [0.1, 0.15) is 5.82 Å². The molecule has 1 N–H and O–H groups in total. The van der Waals surface area contributed by atoms with Crippen LogP contribution in [0.15, 0.2) is 83.8 Å². The minimum atomic E-state index is -3.91. The van der Waals surface area contributed by atoms with E-state index in [9.17, 15) is 12.8 Å². The van der Waals surface area contributed by atoms with E-state index in [1.807, 2.05) is 42.5 Å². The Bertz CT molecular complexity index is 1290. The van der Waals surface area contributed by atoms with Crippen LogP contribution in [0, 0.1) is 12.7 Å². The van der Waals surface area contributed by atoms with Gasteiger partial charge in [-0.3, -0.25) is 4.72 Å². The van der Waals surface area contributed by atoms with Gasteiger partial charge >= 0.3 is 0 Å². The molecule has 0 bridgehead atoms. The number of anilines is 1. The predicted octanol–water partition coefficient (Wildman–Crippen LogP) is 5.15. The fourth-order valence-electron chi connectivity index (χ4n) is 3.04. The number of benzene rings is 3. The molecule has 0 spiro atoms. The number of fused-ring (bicyclic) bond motifs is 1. The minimum Gasteiger partial charge on any atom is -0.280 e. The van der Waals surface area contributed by atoms with E-state index in [1.165, 1.54) is 12.1 Å². The topological polar surface area (TPSA) is 59.1 Å². The van der Waals surface area contributed by atoms with Crippen molar-refractivity contribution < 1.29 is 12.8 Å². The van der Waals surface area contributed by atoms with Crippen molar-refractivity contribution in [3.63, 3.8) is 0 Å². The van der Waals surface area contributed by atoms with Gasteiger partial charge in [-0.15, -0.1) is 0 Å². The molecule has 0 aliphatic carbocycles. The van der Waals surface area contributed by atoms with Gasteiger partial charge < -0.3 is 0 Å². The fourth-order valence-corrected chi connectivity index (χ4v) is 4.35. The van der Waals surface area contributed by atoms with Crippen LogP contribution >= 0.6 is 0 Å². The van der Waals surface area contributed by atoms with Crippen LogP contribution in [-0.2, 0) is 10.0 Å². The quantitative estimate of drug-likeness (QED) is 0.522. The van der Waals surface area contributed by atoms with Crippen LogP contribution in [0.1, 0.15) is 5.56 Å². The van der Waals surface area contributed by atoms with Crippen molar-refractivity contribution in [2.24, 2.45) is 0 Å². The Kier molecular flexibility index (Phi) is 4.57. The van der Waals surface area contributed by atoms with E-state index in [4.69, 9.17) is 0 Å². The molecular formula is C22H17FN2O2S. The second-order valence-electron chi connectivity index (χ2n) is 6.49. The normalized spacial score (nSPS) is 11.5. The lowest BCUT2D eigenvalue weighted by Crippen LogP contribution is -2.14. The molecule has 6 heteroatoms.